The van der Waals surface area contributed by atoms with Crippen molar-refractivity contribution < 1.29 is 70.6 Å². The monoisotopic (exact) mass is 1960 g/mol. The molecular weight excluding hydrogens is 1810 g/mol. The number of rotatable bonds is 56. The van der Waals surface area contributed by atoms with Crippen molar-refractivity contribution in [2.24, 2.45) is 47.3 Å². The van der Waals surface area contributed by atoms with E-state index < -0.39 is 0 Å². The standard InChI is InChI=1S/C98H151Cl4N12O9S4.V/c1-27-110(28-2)43-55-124-87-75(99)79(116-47-35-59(9)10)67-70(83(87)120-51-39-63(17)18)93-103-91(67)104-94-71-69(81(118-49-37-61(13)14)77(101)88(84(71)121-52-40-64(19)20)126-57-45-113(25,31-5)32-6)95(107-94)108-98-74-73(82(119-50-38-62(15)16)78(102)90(86(74)123-54-42-66(23)24)125-56-44-111(29-3)30-4)97(112(98)115)109-96-72-68(92(105-93)106-96)80(117-48-36-60(11)12)76(100)89(85(72)122-53-41-65(21)22)127-58-46-114(26,33-7)34-8;/h59-66,115H,27-58H2,1-26H3;/q+1;. The van der Waals surface area contributed by atoms with E-state index in [9.17, 15) is 5.21 Å². The Labute approximate surface area is 815 Å². The molecule has 8 bridgehead atoms. The number of halogens is 4. The molecule has 0 saturated carbocycles. The summed E-state index contributed by atoms with van der Waals surface area (Å²) in [5.74, 6) is 7.93. The van der Waals surface area contributed by atoms with Crippen LogP contribution >= 0.6 is 93.5 Å². The molecule has 2 aliphatic rings. The largest absolute Gasteiger partial charge is 0.492 e. The maximum absolute atomic E-state index is 14.5. The summed E-state index contributed by atoms with van der Waals surface area (Å²) in [5.41, 5.74) is 1.91. The summed E-state index contributed by atoms with van der Waals surface area (Å²) in [6.45, 7) is 65.0. The van der Waals surface area contributed by atoms with Crippen molar-refractivity contribution in [3.8, 4) is 91.5 Å². The van der Waals surface area contributed by atoms with Crippen LogP contribution < -0.4 is 42.9 Å². The molecule has 713 valence electrons. The molecule has 21 nitrogen and oxygen atoms in total. The third-order valence-electron chi connectivity index (χ3n) is 24.3. The number of quaternary nitrogens is 2. The summed E-state index contributed by atoms with van der Waals surface area (Å²) >= 11 is 39.5. The molecule has 3 aromatic heterocycles. The maximum Gasteiger partial charge on any atom is 0.184 e. The first-order valence-electron chi connectivity index (χ1n) is 47.3. The number of benzene rings is 4. The summed E-state index contributed by atoms with van der Waals surface area (Å²) in [4.78, 5) is 48.4. The van der Waals surface area contributed by atoms with Crippen LogP contribution in [0, 0.1) is 47.3 Å². The van der Waals surface area contributed by atoms with E-state index in [1.54, 1.807) is 47.0 Å². The Morgan fingerprint density at radius 1 is 0.328 bits per heavy atom. The number of fused-ring (bicyclic) bond motifs is 20. The first-order chi connectivity index (χ1) is 60.6. The zero-order valence-corrected chi connectivity index (χ0v) is 89.6. The number of aromatic nitrogens is 8. The first-order valence-corrected chi connectivity index (χ1v) is 52.8. The Hall–Kier alpha value is -4.58. The molecule has 0 spiro atoms. The zero-order chi connectivity index (χ0) is 92.9. The predicted octanol–water partition coefficient (Wildman–Crippen LogP) is 26.2. The van der Waals surface area contributed by atoms with Gasteiger partial charge in [0.1, 0.15) is 54.6 Å². The fourth-order valence-corrected chi connectivity index (χ4v) is 20.8. The van der Waals surface area contributed by atoms with E-state index in [1.807, 2.05) is 0 Å². The van der Waals surface area contributed by atoms with Crippen molar-refractivity contribution in [2.75, 3.05) is 168 Å². The zero-order valence-electron chi connectivity index (χ0n) is 81.9. The van der Waals surface area contributed by atoms with Gasteiger partial charge in [-0.3, -0.25) is 0 Å². The van der Waals surface area contributed by atoms with Gasteiger partial charge < -0.3 is 76.8 Å². The van der Waals surface area contributed by atoms with Gasteiger partial charge in [0, 0.05) is 76.7 Å². The van der Waals surface area contributed by atoms with Crippen molar-refractivity contribution in [1.82, 2.24) is 49.4 Å². The van der Waals surface area contributed by atoms with Crippen LogP contribution in [0.2, 0.25) is 20.1 Å². The second-order valence-corrected chi connectivity index (χ2v) is 43.5. The van der Waals surface area contributed by atoms with Crippen molar-refractivity contribution in [3.63, 3.8) is 0 Å². The Bertz CT molecular complexity index is 4960. The third kappa shape index (κ3) is 27.4. The fraction of sp³-hybridized carbons (Fsp3) is 0.673. The molecule has 0 atom stereocenters. The van der Waals surface area contributed by atoms with Gasteiger partial charge in [0.05, 0.1) is 170 Å². The normalized spacial score (nSPS) is 12.5. The van der Waals surface area contributed by atoms with E-state index in [0.29, 0.717) is 213 Å². The van der Waals surface area contributed by atoms with Crippen LogP contribution in [0.3, 0.4) is 0 Å². The Morgan fingerprint density at radius 3 is 0.867 bits per heavy atom. The molecule has 0 unspecified atom stereocenters. The molecular formula is C98H151Cl4N12O9S4V+. The second-order valence-electron chi connectivity index (χ2n) is 37.5. The summed E-state index contributed by atoms with van der Waals surface area (Å²) in [6.07, 6.45) is 5.45. The van der Waals surface area contributed by atoms with Gasteiger partial charge in [0.25, 0.3) is 0 Å². The molecule has 2 aliphatic heterocycles. The first kappa shape index (κ1) is 109. The Balaban J connectivity index is 0.0000202. The van der Waals surface area contributed by atoms with Crippen LogP contribution in [-0.2, 0) is 18.6 Å². The minimum absolute atomic E-state index is 0. The van der Waals surface area contributed by atoms with Crippen LogP contribution in [0.15, 0.2) is 19.6 Å². The topological polar surface area (TPSA) is 197 Å². The van der Waals surface area contributed by atoms with Gasteiger partial charge in [-0.25, -0.2) is 19.9 Å². The van der Waals surface area contributed by atoms with Crippen molar-refractivity contribution in [2.45, 2.75) is 237 Å². The Kier molecular flexibility index (Phi) is 43.7. The minimum Gasteiger partial charge on any atom is -0.492 e. The number of thioether (sulfide) groups is 4. The molecule has 1 radical (unpaired) electrons. The molecule has 128 heavy (non-hydrogen) atoms. The molecule has 0 saturated heterocycles. The van der Waals surface area contributed by atoms with Gasteiger partial charge in [-0.2, -0.15) is 0 Å². The number of ether oxygens (including phenoxy) is 8. The molecule has 4 aromatic carbocycles. The third-order valence-corrected chi connectivity index (χ3v) is 30.5. The van der Waals surface area contributed by atoms with Gasteiger partial charge in [-0.1, -0.05) is 185 Å². The van der Waals surface area contributed by atoms with E-state index in [4.69, 9.17) is 119 Å². The minimum atomic E-state index is -0.0439. The molecule has 30 heteroatoms. The van der Waals surface area contributed by atoms with Gasteiger partial charge in [0.2, 0.25) is 0 Å². The molecule has 0 amide bonds. The van der Waals surface area contributed by atoms with E-state index in [-0.39, 0.29) is 156 Å². The average Bonchev–Trinajstić information content (AvgIpc) is 1.55. The van der Waals surface area contributed by atoms with Gasteiger partial charge in [-0.15, -0.1) is 51.8 Å². The van der Waals surface area contributed by atoms with E-state index in [2.05, 4.69) is 190 Å². The molecule has 0 aliphatic carbocycles. The quantitative estimate of drug-likeness (QED) is 0.0214. The van der Waals surface area contributed by atoms with Crippen molar-refractivity contribution >= 4 is 138 Å². The van der Waals surface area contributed by atoms with Crippen molar-refractivity contribution in [1.29, 1.82) is 0 Å². The number of hydrogen-bond acceptors (Lipinski definition) is 21. The molecule has 5 heterocycles. The summed E-state index contributed by atoms with van der Waals surface area (Å²) in [7, 11) is 4.58. The van der Waals surface area contributed by atoms with Gasteiger partial charge in [-0.05, 0) is 153 Å². The van der Waals surface area contributed by atoms with Crippen molar-refractivity contribution in [3.05, 3.63) is 20.1 Å². The second kappa shape index (κ2) is 51.4. The number of nitrogens with zero attached hydrogens (tertiary/aromatic N) is 12. The average molecular weight is 1960 g/mol. The smallest absolute Gasteiger partial charge is 0.184 e. The van der Waals surface area contributed by atoms with E-state index in [1.165, 1.54) is 0 Å². The number of hydrogen-bond donors (Lipinski definition) is 1. The molecule has 1 N–H and O–H groups in total. The molecule has 0 fully saturated rings. The summed E-state index contributed by atoms with van der Waals surface area (Å²) in [6, 6.07) is 0. The van der Waals surface area contributed by atoms with Crippen LogP contribution in [0.4, 0.5) is 0 Å². The fourth-order valence-electron chi connectivity index (χ4n) is 14.6. The van der Waals surface area contributed by atoms with Crippen LogP contribution in [-0.4, -0.2) is 227 Å². The molecule has 9 rings (SSSR count). The van der Waals surface area contributed by atoms with Crippen LogP contribution in [0.25, 0.3) is 89.7 Å². The van der Waals surface area contributed by atoms with Crippen LogP contribution in [0.5, 0.6) is 46.0 Å². The summed E-state index contributed by atoms with van der Waals surface area (Å²) < 4.78 is 61.6. The predicted molar refractivity (Wildman–Crippen MR) is 538 cm³/mol. The van der Waals surface area contributed by atoms with E-state index >= 15 is 0 Å². The van der Waals surface area contributed by atoms with Gasteiger partial charge in [0.15, 0.2) is 34.4 Å². The van der Waals surface area contributed by atoms with Crippen LogP contribution in [0.1, 0.15) is 218 Å². The molecule has 7 aromatic rings. The maximum atomic E-state index is 14.5. The van der Waals surface area contributed by atoms with Gasteiger partial charge >= 0.3 is 0 Å². The Morgan fingerprint density at radius 2 is 0.562 bits per heavy atom. The SMILES string of the molecule is CCN(CC)CCSc1c(Cl)c(OCCC(C)C)c2c3nc4nc(nc5c6c(OCCC(C)C)c(SCCN(CC)CC)c(Cl)c(OCCC(C)C)c6c(nc6nc(nc([n-]3)c2c1OCCC(C)C)-c1c(OCCC(C)C)c(Cl)c(SCC[N+](C)(CC)CC)c(OCCC(C)C)c1-6)n5O)-c1c(OCCC(C)C)c(Cl)c(SCC[N+](C)(CC)CC)c(OCCC(C)C)c1-4.[V]. The van der Waals surface area contributed by atoms with E-state index in [0.717, 1.165) is 92.2 Å². The summed E-state index contributed by atoms with van der Waals surface area (Å²) in [5, 5.41) is 17.4.